The summed E-state index contributed by atoms with van der Waals surface area (Å²) in [5.74, 6) is -0.946. The second kappa shape index (κ2) is 5.94. The number of rotatable bonds is 5. The lowest BCUT2D eigenvalue weighted by Crippen LogP contribution is -2.61. The molecule has 0 radical (unpaired) electrons. The molecule has 0 bridgehead atoms. The average molecular weight is 276 g/mol. The van der Waals surface area contributed by atoms with Gasteiger partial charge in [0.15, 0.2) is 0 Å². The largest absolute Gasteiger partial charge is 0.480 e. The molecule has 5 nitrogen and oxygen atoms in total. The molecule has 0 unspecified atom stereocenters. The molecule has 0 aromatic heterocycles. The van der Waals surface area contributed by atoms with E-state index < -0.39 is 17.5 Å². The number of hydrogen-bond donors (Lipinski definition) is 3. The van der Waals surface area contributed by atoms with Gasteiger partial charge in [0.2, 0.25) is 0 Å². The fraction of sp³-hybridized carbons (Fsp3) is 0.467. The minimum absolute atomic E-state index is 0.402. The van der Waals surface area contributed by atoms with Gasteiger partial charge in [0.25, 0.3) is 0 Å². The second-order valence-corrected chi connectivity index (χ2v) is 5.30. The molecule has 1 aromatic rings. The Labute approximate surface area is 118 Å². The molecule has 5 heteroatoms. The summed E-state index contributed by atoms with van der Waals surface area (Å²) in [4.78, 5) is 22.9. The Morgan fingerprint density at radius 3 is 2.55 bits per heavy atom. The summed E-state index contributed by atoms with van der Waals surface area (Å²) in [5, 5.41) is 14.4. The second-order valence-electron chi connectivity index (χ2n) is 5.30. The third-order valence-corrected chi connectivity index (χ3v) is 3.91. The maximum absolute atomic E-state index is 11.7. The van der Waals surface area contributed by atoms with E-state index in [1.807, 2.05) is 31.2 Å². The monoisotopic (exact) mass is 276 g/mol. The van der Waals surface area contributed by atoms with E-state index >= 15 is 0 Å². The van der Waals surface area contributed by atoms with Crippen molar-refractivity contribution in [3.05, 3.63) is 35.4 Å². The fourth-order valence-electron chi connectivity index (χ4n) is 2.39. The van der Waals surface area contributed by atoms with E-state index in [4.69, 9.17) is 5.11 Å². The zero-order valence-electron chi connectivity index (χ0n) is 11.6. The average Bonchev–Trinajstić information content (AvgIpc) is 2.36. The van der Waals surface area contributed by atoms with E-state index in [-0.39, 0.29) is 0 Å². The molecule has 0 heterocycles. The number of nitrogens with one attached hydrogen (secondary N) is 2. The number of aliphatic carboxylic acids is 1. The highest BCUT2D eigenvalue weighted by Gasteiger charge is 2.45. The van der Waals surface area contributed by atoms with E-state index in [0.717, 1.165) is 12.8 Å². The van der Waals surface area contributed by atoms with Crippen molar-refractivity contribution in [1.82, 2.24) is 10.6 Å². The normalized spacial score (nSPS) is 16.1. The molecule has 1 aliphatic carbocycles. The van der Waals surface area contributed by atoms with Crippen LogP contribution >= 0.6 is 0 Å². The van der Waals surface area contributed by atoms with Crippen LogP contribution in [0, 0.1) is 6.92 Å². The summed E-state index contributed by atoms with van der Waals surface area (Å²) in [6, 6.07) is 7.60. The van der Waals surface area contributed by atoms with Crippen molar-refractivity contribution in [2.24, 2.45) is 0 Å². The Balaban J connectivity index is 1.78. The lowest BCUT2D eigenvalue weighted by Gasteiger charge is -2.38. The number of benzene rings is 1. The minimum atomic E-state index is -1.05. The lowest BCUT2D eigenvalue weighted by molar-refractivity contribution is -0.148. The van der Waals surface area contributed by atoms with Gasteiger partial charge in [0, 0.05) is 6.54 Å². The van der Waals surface area contributed by atoms with Gasteiger partial charge in [-0.1, -0.05) is 24.3 Å². The zero-order chi connectivity index (χ0) is 14.6. The van der Waals surface area contributed by atoms with Gasteiger partial charge in [-0.05, 0) is 43.7 Å². The summed E-state index contributed by atoms with van der Waals surface area (Å²) >= 11 is 0. The van der Waals surface area contributed by atoms with Crippen LogP contribution in [-0.2, 0) is 11.2 Å². The van der Waals surface area contributed by atoms with Crippen molar-refractivity contribution in [1.29, 1.82) is 0 Å². The van der Waals surface area contributed by atoms with Crippen molar-refractivity contribution in [2.75, 3.05) is 6.54 Å². The van der Waals surface area contributed by atoms with Crippen molar-refractivity contribution in [2.45, 2.75) is 38.1 Å². The fourth-order valence-corrected chi connectivity index (χ4v) is 2.39. The Bertz CT molecular complexity index is 510. The van der Waals surface area contributed by atoms with Crippen LogP contribution < -0.4 is 10.6 Å². The molecular formula is C15H20N2O3. The topological polar surface area (TPSA) is 78.4 Å². The molecule has 1 fully saturated rings. The van der Waals surface area contributed by atoms with E-state index in [1.165, 1.54) is 11.1 Å². The minimum Gasteiger partial charge on any atom is -0.480 e. The molecule has 3 N–H and O–H groups in total. The van der Waals surface area contributed by atoms with Gasteiger partial charge in [0.05, 0.1) is 0 Å². The van der Waals surface area contributed by atoms with Crippen molar-refractivity contribution in [3.8, 4) is 0 Å². The van der Waals surface area contributed by atoms with Crippen LogP contribution in [-0.4, -0.2) is 29.2 Å². The van der Waals surface area contributed by atoms with Crippen LogP contribution in [0.1, 0.15) is 30.4 Å². The number of amides is 2. The van der Waals surface area contributed by atoms with Crippen molar-refractivity contribution in [3.63, 3.8) is 0 Å². The molecule has 108 valence electrons. The molecule has 2 amide bonds. The van der Waals surface area contributed by atoms with E-state index in [0.29, 0.717) is 19.4 Å². The summed E-state index contributed by atoms with van der Waals surface area (Å²) in [5.41, 5.74) is 1.33. The SMILES string of the molecule is Cc1ccccc1CCNC(=O)NC1(C(=O)O)CCC1. The van der Waals surface area contributed by atoms with Gasteiger partial charge >= 0.3 is 12.0 Å². The third kappa shape index (κ3) is 3.10. The number of carbonyl (C=O) groups excluding carboxylic acids is 1. The van der Waals surface area contributed by atoms with Crippen LogP contribution in [0.15, 0.2) is 24.3 Å². The van der Waals surface area contributed by atoms with Crippen molar-refractivity contribution < 1.29 is 14.7 Å². The smallest absolute Gasteiger partial charge is 0.329 e. The van der Waals surface area contributed by atoms with E-state index in [9.17, 15) is 9.59 Å². The number of urea groups is 1. The summed E-state index contributed by atoms with van der Waals surface area (Å²) in [6.07, 6.45) is 2.59. The van der Waals surface area contributed by atoms with Gasteiger partial charge in [-0.2, -0.15) is 0 Å². The Morgan fingerprint density at radius 1 is 1.30 bits per heavy atom. The molecule has 0 aliphatic heterocycles. The number of aryl methyl sites for hydroxylation is 1. The van der Waals surface area contributed by atoms with Gasteiger partial charge in [-0.15, -0.1) is 0 Å². The number of carboxylic acid groups (broad SMARTS) is 1. The molecule has 1 aliphatic rings. The Hall–Kier alpha value is -2.04. The van der Waals surface area contributed by atoms with Crippen LogP contribution in [0.3, 0.4) is 0 Å². The third-order valence-electron chi connectivity index (χ3n) is 3.91. The van der Waals surface area contributed by atoms with E-state index in [2.05, 4.69) is 10.6 Å². The Kier molecular flexibility index (Phi) is 4.27. The summed E-state index contributed by atoms with van der Waals surface area (Å²) in [6.45, 7) is 2.52. The van der Waals surface area contributed by atoms with Crippen LogP contribution in [0.5, 0.6) is 0 Å². The Morgan fingerprint density at radius 2 is 2.00 bits per heavy atom. The zero-order valence-corrected chi connectivity index (χ0v) is 11.6. The molecule has 1 aromatic carbocycles. The highest BCUT2D eigenvalue weighted by Crippen LogP contribution is 2.31. The molecule has 20 heavy (non-hydrogen) atoms. The predicted octanol–water partition coefficient (Wildman–Crippen LogP) is 1.84. The van der Waals surface area contributed by atoms with E-state index in [1.54, 1.807) is 0 Å². The highest BCUT2D eigenvalue weighted by atomic mass is 16.4. The maximum atomic E-state index is 11.7. The molecular weight excluding hydrogens is 256 g/mol. The summed E-state index contributed by atoms with van der Waals surface area (Å²) in [7, 11) is 0. The summed E-state index contributed by atoms with van der Waals surface area (Å²) < 4.78 is 0. The first-order chi connectivity index (χ1) is 9.53. The molecule has 0 saturated heterocycles. The predicted molar refractivity (Wildman–Crippen MR) is 75.6 cm³/mol. The van der Waals surface area contributed by atoms with Gasteiger partial charge < -0.3 is 15.7 Å². The first-order valence-electron chi connectivity index (χ1n) is 6.87. The van der Waals surface area contributed by atoms with Crippen LogP contribution in [0.4, 0.5) is 4.79 Å². The van der Waals surface area contributed by atoms with Crippen LogP contribution in [0.25, 0.3) is 0 Å². The molecule has 0 atom stereocenters. The lowest BCUT2D eigenvalue weighted by atomic mass is 9.77. The van der Waals surface area contributed by atoms with Gasteiger partial charge in [0.1, 0.15) is 5.54 Å². The quantitative estimate of drug-likeness (QED) is 0.768. The van der Waals surface area contributed by atoms with Crippen molar-refractivity contribution >= 4 is 12.0 Å². The number of carboxylic acids is 1. The van der Waals surface area contributed by atoms with Gasteiger partial charge in [-0.25, -0.2) is 9.59 Å². The molecule has 0 spiro atoms. The van der Waals surface area contributed by atoms with Gasteiger partial charge in [-0.3, -0.25) is 0 Å². The first-order valence-corrected chi connectivity index (χ1v) is 6.87. The van der Waals surface area contributed by atoms with Crippen LogP contribution in [0.2, 0.25) is 0 Å². The number of hydrogen-bond acceptors (Lipinski definition) is 2. The number of carbonyl (C=O) groups is 2. The first kappa shape index (κ1) is 14.4. The molecule has 2 rings (SSSR count). The molecule has 1 saturated carbocycles. The highest BCUT2D eigenvalue weighted by molar-refractivity contribution is 5.87. The standard InChI is InChI=1S/C15H20N2O3/c1-11-5-2-3-6-12(11)7-10-16-14(20)17-15(13(18)19)8-4-9-15/h2-3,5-6H,4,7-10H2,1H3,(H,18,19)(H2,16,17,20). The maximum Gasteiger partial charge on any atom is 0.329 e.